The maximum atomic E-state index is 11.5. The van der Waals surface area contributed by atoms with E-state index in [0.29, 0.717) is 18.1 Å². The van der Waals surface area contributed by atoms with Crippen molar-refractivity contribution in [3.05, 3.63) is 42.0 Å². The molecule has 0 atom stereocenters. The van der Waals surface area contributed by atoms with Crippen molar-refractivity contribution in [1.29, 1.82) is 0 Å². The van der Waals surface area contributed by atoms with Crippen LogP contribution in [0.4, 0.5) is 0 Å². The Morgan fingerprint density at radius 2 is 1.61 bits per heavy atom. The molecule has 2 nitrogen and oxygen atoms in total. The van der Waals surface area contributed by atoms with Crippen LogP contribution >= 0.6 is 0 Å². The fourth-order valence-corrected chi connectivity index (χ4v) is 4.58. The second-order valence-electron chi connectivity index (χ2n) is 8.52. The monoisotopic (exact) mass is 380 g/mol. The maximum absolute atomic E-state index is 11.5. The molecule has 0 spiro atoms. The van der Waals surface area contributed by atoms with E-state index in [4.69, 9.17) is 4.74 Å². The molecule has 0 bridgehead atoms. The van der Waals surface area contributed by atoms with E-state index >= 15 is 0 Å². The first kappa shape index (κ1) is 20.9. The Morgan fingerprint density at radius 1 is 0.893 bits per heavy atom. The molecular formula is C26H36O2. The van der Waals surface area contributed by atoms with Crippen LogP contribution in [0.25, 0.3) is 10.8 Å². The van der Waals surface area contributed by atoms with E-state index in [2.05, 4.69) is 31.2 Å². The lowest BCUT2D eigenvalue weighted by molar-refractivity contribution is -0.134. The maximum Gasteiger partial charge on any atom is 0.310 e. The van der Waals surface area contributed by atoms with Crippen LogP contribution < -0.4 is 4.74 Å². The zero-order valence-corrected chi connectivity index (χ0v) is 17.7. The quantitative estimate of drug-likeness (QED) is 0.252. The first-order valence-corrected chi connectivity index (χ1v) is 11.4. The minimum absolute atomic E-state index is 0.182. The molecule has 0 radical (unpaired) electrons. The number of hydrogen-bond acceptors (Lipinski definition) is 2. The normalized spacial score (nSPS) is 19.6. The Hall–Kier alpha value is -1.83. The molecule has 0 saturated heterocycles. The van der Waals surface area contributed by atoms with E-state index in [1.807, 2.05) is 19.1 Å². The van der Waals surface area contributed by atoms with Gasteiger partial charge in [-0.15, -0.1) is 0 Å². The van der Waals surface area contributed by atoms with Crippen molar-refractivity contribution in [3.8, 4) is 5.75 Å². The molecule has 0 aliphatic heterocycles. The molecule has 0 unspecified atom stereocenters. The number of fused-ring (bicyclic) bond motifs is 1. The molecule has 1 aliphatic rings. The number of benzene rings is 2. The fourth-order valence-electron chi connectivity index (χ4n) is 4.58. The van der Waals surface area contributed by atoms with E-state index in [1.165, 1.54) is 75.2 Å². The Bertz CT molecular complexity index is 756. The molecule has 0 N–H and O–H groups in total. The van der Waals surface area contributed by atoms with Crippen molar-refractivity contribution >= 4 is 16.7 Å². The average Bonchev–Trinajstić information content (AvgIpc) is 2.73. The molecule has 2 aromatic carbocycles. The number of rotatable bonds is 9. The average molecular weight is 381 g/mol. The highest BCUT2D eigenvalue weighted by Gasteiger charge is 2.22. The second-order valence-corrected chi connectivity index (χ2v) is 8.52. The fraction of sp³-hybridized carbons (Fsp3) is 0.577. The predicted molar refractivity (Wildman–Crippen MR) is 118 cm³/mol. The van der Waals surface area contributed by atoms with E-state index in [1.54, 1.807) is 0 Å². The van der Waals surface area contributed by atoms with Gasteiger partial charge in [0.25, 0.3) is 0 Å². The lowest BCUT2D eigenvalue weighted by Gasteiger charge is -2.29. The van der Waals surface area contributed by atoms with Crippen molar-refractivity contribution in [3.63, 3.8) is 0 Å². The summed E-state index contributed by atoms with van der Waals surface area (Å²) in [6.07, 6.45) is 14.3. The van der Waals surface area contributed by atoms with Gasteiger partial charge >= 0.3 is 5.97 Å². The number of carbonyl (C=O) groups excluding carboxylic acids is 1. The topological polar surface area (TPSA) is 26.3 Å². The van der Waals surface area contributed by atoms with Crippen LogP contribution in [0.3, 0.4) is 0 Å². The van der Waals surface area contributed by atoms with Gasteiger partial charge in [-0.25, -0.2) is 0 Å². The summed E-state index contributed by atoms with van der Waals surface area (Å²) >= 11 is 0. The smallest absolute Gasteiger partial charge is 0.310 e. The molecule has 1 aliphatic carbocycles. The van der Waals surface area contributed by atoms with E-state index in [-0.39, 0.29) is 5.97 Å². The highest BCUT2D eigenvalue weighted by molar-refractivity contribution is 5.85. The summed E-state index contributed by atoms with van der Waals surface area (Å²) in [5.41, 5.74) is 1.48. The molecule has 0 amide bonds. The summed E-state index contributed by atoms with van der Waals surface area (Å²) in [6, 6.07) is 12.8. The predicted octanol–water partition coefficient (Wildman–Crippen LogP) is 7.79. The molecule has 28 heavy (non-hydrogen) atoms. The minimum Gasteiger partial charge on any atom is -0.427 e. The summed E-state index contributed by atoms with van der Waals surface area (Å²) in [5.74, 6) is 2.12. The van der Waals surface area contributed by atoms with Crippen LogP contribution in [0.1, 0.15) is 96.0 Å². The van der Waals surface area contributed by atoms with E-state index in [9.17, 15) is 4.79 Å². The summed E-state index contributed by atoms with van der Waals surface area (Å²) in [7, 11) is 0. The molecule has 1 fully saturated rings. The van der Waals surface area contributed by atoms with Gasteiger partial charge in [0.1, 0.15) is 5.75 Å². The van der Waals surface area contributed by atoms with Crippen molar-refractivity contribution in [2.75, 3.05) is 0 Å². The second kappa shape index (κ2) is 10.6. The summed E-state index contributed by atoms with van der Waals surface area (Å²) in [4.78, 5) is 11.5. The number of ether oxygens (including phenoxy) is 1. The van der Waals surface area contributed by atoms with Gasteiger partial charge in [-0.2, -0.15) is 0 Å². The van der Waals surface area contributed by atoms with Crippen LogP contribution in [0.5, 0.6) is 5.75 Å². The molecule has 1 saturated carbocycles. The summed E-state index contributed by atoms with van der Waals surface area (Å²) in [6.45, 7) is 4.10. The van der Waals surface area contributed by atoms with Gasteiger partial charge < -0.3 is 4.74 Å². The first-order valence-electron chi connectivity index (χ1n) is 11.4. The van der Waals surface area contributed by atoms with Crippen LogP contribution in [-0.2, 0) is 4.79 Å². The zero-order valence-electron chi connectivity index (χ0n) is 17.7. The van der Waals surface area contributed by atoms with Gasteiger partial charge in [-0.1, -0.05) is 76.6 Å². The van der Waals surface area contributed by atoms with Crippen LogP contribution in [0.2, 0.25) is 0 Å². The molecule has 2 heteroatoms. The third-order valence-corrected chi connectivity index (χ3v) is 6.39. The van der Waals surface area contributed by atoms with Gasteiger partial charge in [0.15, 0.2) is 0 Å². The molecular weight excluding hydrogens is 344 g/mol. The first-order chi connectivity index (χ1) is 13.7. The summed E-state index contributed by atoms with van der Waals surface area (Å²) < 4.78 is 5.34. The summed E-state index contributed by atoms with van der Waals surface area (Å²) in [5, 5.41) is 2.39. The van der Waals surface area contributed by atoms with Crippen LogP contribution in [0.15, 0.2) is 36.4 Å². The third kappa shape index (κ3) is 5.83. The molecule has 3 rings (SSSR count). The Balaban J connectivity index is 1.53. The lowest BCUT2D eigenvalue weighted by atomic mass is 9.77. The van der Waals surface area contributed by atoms with Crippen molar-refractivity contribution in [2.24, 2.45) is 5.92 Å². The van der Waals surface area contributed by atoms with Crippen molar-refractivity contribution in [2.45, 2.75) is 90.4 Å². The Labute approximate surface area is 170 Å². The highest BCUT2D eigenvalue weighted by Crippen LogP contribution is 2.38. The third-order valence-electron chi connectivity index (χ3n) is 6.39. The van der Waals surface area contributed by atoms with Gasteiger partial charge in [0, 0.05) is 6.42 Å². The lowest BCUT2D eigenvalue weighted by Crippen LogP contribution is -2.13. The number of hydrogen-bond donors (Lipinski definition) is 0. The van der Waals surface area contributed by atoms with Gasteiger partial charge in [0.05, 0.1) is 0 Å². The van der Waals surface area contributed by atoms with Gasteiger partial charge in [0.2, 0.25) is 0 Å². The van der Waals surface area contributed by atoms with Crippen LogP contribution in [0, 0.1) is 5.92 Å². The van der Waals surface area contributed by atoms with Crippen LogP contribution in [-0.4, -0.2) is 5.97 Å². The van der Waals surface area contributed by atoms with Gasteiger partial charge in [-0.3, -0.25) is 4.79 Å². The van der Waals surface area contributed by atoms with E-state index < -0.39 is 0 Å². The Kier molecular flexibility index (Phi) is 7.94. The van der Waals surface area contributed by atoms with Gasteiger partial charge in [-0.05, 0) is 66.0 Å². The SMILES string of the molecule is CCCCCCC[C@H]1CC[C@H](c2ccc3cc(OC(=O)CC)ccc3c2)CC1. The Morgan fingerprint density at radius 3 is 2.36 bits per heavy atom. The van der Waals surface area contributed by atoms with Crippen molar-refractivity contribution in [1.82, 2.24) is 0 Å². The number of esters is 1. The molecule has 2 aromatic rings. The number of unbranched alkanes of at least 4 members (excludes halogenated alkanes) is 4. The minimum atomic E-state index is -0.182. The molecule has 0 aromatic heterocycles. The molecule has 0 heterocycles. The molecule has 152 valence electrons. The number of carbonyl (C=O) groups is 1. The standard InChI is InChI=1S/C26H36O2/c1-3-5-6-7-8-9-20-10-12-21(13-11-20)22-14-15-24-19-25(28-26(27)4-2)17-16-23(24)18-22/h14-21H,3-13H2,1-2H3/t20-,21-. The highest BCUT2D eigenvalue weighted by atomic mass is 16.5. The zero-order chi connectivity index (χ0) is 19.8. The van der Waals surface area contributed by atoms with E-state index in [0.717, 1.165) is 11.3 Å². The largest absolute Gasteiger partial charge is 0.427 e. The van der Waals surface area contributed by atoms with Crippen molar-refractivity contribution < 1.29 is 9.53 Å².